The van der Waals surface area contributed by atoms with Crippen LogP contribution in [-0.4, -0.2) is 30.2 Å². The molecular weight excluding hydrogens is 266 g/mol. The number of methoxy groups -OCH3 is 1. The monoisotopic (exact) mass is 281 g/mol. The summed E-state index contributed by atoms with van der Waals surface area (Å²) in [4.78, 5) is 15.7. The minimum atomic E-state index is -0.519. The second-order valence-electron chi connectivity index (χ2n) is 3.50. The molecule has 0 aromatic carbocycles. The first-order chi connectivity index (χ1) is 8.99. The zero-order chi connectivity index (χ0) is 14.4. The lowest BCUT2D eigenvalue weighted by atomic mass is 10.3. The summed E-state index contributed by atoms with van der Waals surface area (Å²) >= 11 is 4.81. The van der Waals surface area contributed by atoms with Crippen molar-refractivity contribution in [2.45, 2.75) is 6.92 Å². The molecule has 0 bridgehead atoms. The Kier molecular flexibility index (Phi) is 5.25. The summed E-state index contributed by atoms with van der Waals surface area (Å²) in [6.45, 7) is 5.32. The van der Waals surface area contributed by atoms with E-state index >= 15 is 0 Å². The third-order valence-electron chi connectivity index (χ3n) is 2.24. The van der Waals surface area contributed by atoms with Crippen LogP contribution in [0.25, 0.3) is 0 Å². The Bertz CT molecular complexity index is 517. The fourth-order valence-corrected chi connectivity index (χ4v) is 1.32. The quantitative estimate of drug-likeness (QED) is 0.485. The topological polar surface area (TPSA) is 72.5 Å². The Morgan fingerprint density at radius 1 is 1.53 bits per heavy atom. The molecule has 0 aliphatic heterocycles. The van der Waals surface area contributed by atoms with Gasteiger partial charge in [0.25, 0.3) is 5.91 Å². The van der Waals surface area contributed by atoms with Gasteiger partial charge < -0.3 is 14.8 Å². The molecule has 1 aromatic rings. The maximum atomic E-state index is 11.7. The Morgan fingerprint density at radius 2 is 2.21 bits per heavy atom. The number of carbonyl (C=O) groups is 1. The van der Waals surface area contributed by atoms with E-state index in [0.29, 0.717) is 17.2 Å². The number of amides is 1. The van der Waals surface area contributed by atoms with Crippen LogP contribution in [0.1, 0.15) is 5.56 Å². The molecular formula is C12H15N3O3S. The Labute approximate surface area is 116 Å². The highest BCUT2D eigenvalue weighted by Gasteiger charge is 2.13. The number of pyridine rings is 1. The first kappa shape index (κ1) is 14.9. The number of hydrogen-bond acceptors (Lipinski definition) is 5. The van der Waals surface area contributed by atoms with E-state index in [0.717, 1.165) is 0 Å². The normalized spacial score (nSPS) is 9.42. The smallest absolute Gasteiger partial charge is 0.292 e. The van der Waals surface area contributed by atoms with Crippen molar-refractivity contribution in [1.82, 2.24) is 15.6 Å². The van der Waals surface area contributed by atoms with E-state index in [2.05, 4.69) is 22.2 Å². The predicted molar refractivity (Wildman–Crippen MR) is 75.1 cm³/mol. The fourth-order valence-electron chi connectivity index (χ4n) is 1.23. The lowest BCUT2D eigenvalue weighted by Crippen LogP contribution is -2.38. The van der Waals surface area contributed by atoms with Crippen LogP contribution in [0.2, 0.25) is 0 Å². The number of ether oxygens (including phenoxy) is 2. The summed E-state index contributed by atoms with van der Waals surface area (Å²) in [5.41, 5.74) is 0.676. The third-order valence-corrected chi connectivity index (χ3v) is 2.55. The molecule has 2 N–H and O–H groups in total. The lowest BCUT2D eigenvalue weighted by Gasteiger charge is -2.12. The van der Waals surface area contributed by atoms with Crippen molar-refractivity contribution >= 4 is 23.2 Å². The molecule has 0 radical (unpaired) electrons. The molecule has 0 saturated heterocycles. The van der Waals surface area contributed by atoms with Crippen molar-refractivity contribution in [3.05, 3.63) is 30.2 Å². The number of thiocarbonyl (C=S) groups is 1. The summed E-state index contributed by atoms with van der Waals surface area (Å²) in [5.74, 6) is 0.280. The fraction of sp³-hybridized carbons (Fsp3) is 0.250. The summed E-state index contributed by atoms with van der Waals surface area (Å²) in [5, 5.41) is 5.22. The van der Waals surface area contributed by atoms with Gasteiger partial charge in [-0.15, -0.1) is 0 Å². The third kappa shape index (κ3) is 3.92. The van der Waals surface area contributed by atoms with E-state index in [1.165, 1.54) is 13.3 Å². The molecule has 6 nitrogen and oxygen atoms in total. The molecule has 0 spiro atoms. The van der Waals surface area contributed by atoms with Crippen LogP contribution in [0.5, 0.6) is 11.6 Å². The average molecular weight is 281 g/mol. The van der Waals surface area contributed by atoms with Crippen molar-refractivity contribution in [2.24, 2.45) is 0 Å². The van der Waals surface area contributed by atoms with Gasteiger partial charge in [-0.05, 0) is 25.2 Å². The van der Waals surface area contributed by atoms with E-state index < -0.39 is 5.91 Å². The van der Waals surface area contributed by atoms with Gasteiger partial charge >= 0.3 is 0 Å². The molecule has 0 saturated carbocycles. The van der Waals surface area contributed by atoms with Gasteiger partial charge in [0, 0.05) is 13.2 Å². The highest BCUT2D eigenvalue weighted by Crippen LogP contribution is 2.25. The standard InChI is InChI=1S/C12H15N3O3S/c1-7-9(5-6-14-11(7)17-4)18-8(2)10(16)15-12(19)13-3/h5-6H,2H2,1,3-4H3,(H2,13,15,16,19). The van der Waals surface area contributed by atoms with Gasteiger partial charge in [-0.3, -0.25) is 10.1 Å². The van der Waals surface area contributed by atoms with Crippen LogP contribution < -0.4 is 20.1 Å². The molecule has 1 heterocycles. The first-order valence-corrected chi connectivity index (χ1v) is 5.79. The molecule has 7 heteroatoms. The zero-order valence-electron chi connectivity index (χ0n) is 10.9. The van der Waals surface area contributed by atoms with E-state index in [9.17, 15) is 4.79 Å². The minimum absolute atomic E-state index is 0.0750. The molecule has 0 unspecified atom stereocenters. The predicted octanol–water partition coefficient (Wildman–Crippen LogP) is 0.912. The van der Waals surface area contributed by atoms with Crippen LogP contribution in [0, 0.1) is 6.92 Å². The molecule has 0 aliphatic rings. The van der Waals surface area contributed by atoms with Gasteiger partial charge in [-0.25, -0.2) is 4.98 Å². The summed E-state index contributed by atoms with van der Waals surface area (Å²) < 4.78 is 10.4. The second kappa shape index (κ2) is 6.69. The number of nitrogens with one attached hydrogen (secondary N) is 2. The minimum Gasteiger partial charge on any atom is -0.481 e. The first-order valence-electron chi connectivity index (χ1n) is 5.39. The maximum absolute atomic E-state index is 11.7. The molecule has 102 valence electrons. The SMILES string of the molecule is C=C(Oc1ccnc(OC)c1C)C(=O)NC(=S)NC. The average Bonchev–Trinajstić information content (AvgIpc) is 2.40. The van der Waals surface area contributed by atoms with Crippen LogP contribution in [-0.2, 0) is 4.79 Å². The Morgan fingerprint density at radius 3 is 2.79 bits per heavy atom. The second-order valence-corrected chi connectivity index (χ2v) is 3.91. The van der Waals surface area contributed by atoms with Gasteiger partial charge in [0.2, 0.25) is 5.88 Å². The van der Waals surface area contributed by atoms with Crippen molar-refractivity contribution in [2.75, 3.05) is 14.2 Å². The van der Waals surface area contributed by atoms with Crippen LogP contribution in [0.4, 0.5) is 0 Å². The van der Waals surface area contributed by atoms with Gasteiger partial charge in [0.1, 0.15) is 5.75 Å². The van der Waals surface area contributed by atoms with Crippen molar-refractivity contribution in [1.29, 1.82) is 0 Å². The van der Waals surface area contributed by atoms with Gasteiger partial charge in [0.05, 0.1) is 12.7 Å². The largest absolute Gasteiger partial charge is 0.481 e. The molecule has 1 rings (SSSR count). The van der Waals surface area contributed by atoms with Gasteiger partial charge in [-0.2, -0.15) is 0 Å². The summed E-state index contributed by atoms with van der Waals surface area (Å²) in [7, 11) is 3.11. The molecule has 19 heavy (non-hydrogen) atoms. The van der Waals surface area contributed by atoms with Gasteiger partial charge in [0.15, 0.2) is 10.9 Å². The van der Waals surface area contributed by atoms with E-state index in [1.807, 2.05) is 0 Å². The van der Waals surface area contributed by atoms with Crippen LogP contribution in [0.3, 0.4) is 0 Å². The van der Waals surface area contributed by atoms with Crippen molar-refractivity contribution in [3.63, 3.8) is 0 Å². The molecule has 0 fully saturated rings. The van der Waals surface area contributed by atoms with Crippen LogP contribution in [0.15, 0.2) is 24.6 Å². The lowest BCUT2D eigenvalue weighted by molar-refractivity contribution is -0.118. The molecule has 1 amide bonds. The number of carbonyl (C=O) groups excluding carboxylic acids is 1. The number of nitrogens with zero attached hydrogens (tertiary/aromatic N) is 1. The molecule has 0 atom stereocenters. The zero-order valence-corrected chi connectivity index (χ0v) is 11.8. The number of hydrogen-bond donors (Lipinski definition) is 2. The highest BCUT2D eigenvalue weighted by atomic mass is 32.1. The van der Waals surface area contributed by atoms with Crippen LogP contribution >= 0.6 is 12.2 Å². The van der Waals surface area contributed by atoms with Crippen molar-refractivity contribution in [3.8, 4) is 11.6 Å². The highest BCUT2D eigenvalue weighted by molar-refractivity contribution is 7.80. The van der Waals surface area contributed by atoms with E-state index in [1.54, 1.807) is 20.0 Å². The Hall–Kier alpha value is -2.15. The van der Waals surface area contributed by atoms with Crippen molar-refractivity contribution < 1.29 is 14.3 Å². The maximum Gasteiger partial charge on any atom is 0.292 e. The van der Waals surface area contributed by atoms with Gasteiger partial charge in [-0.1, -0.05) is 6.58 Å². The molecule has 1 aromatic heterocycles. The van der Waals surface area contributed by atoms with E-state index in [4.69, 9.17) is 21.7 Å². The number of aromatic nitrogens is 1. The summed E-state index contributed by atoms with van der Waals surface area (Å²) in [6.07, 6.45) is 1.52. The molecule has 0 aliphatic carbocycles. The summed E-state index contributed by atoms with van der Waals surface area (Å²) in [6, 6.07) is 1.62. The van der Waals surface area contributed by atoms with E-state index in [-0.39, 0.29) is 10.9 Å². The number of rotatable bonds is 4. The Balaban J connectivity index is 2.77.